The summed E-state index contributed by atoms with van der Waals surface area (Å²) in [5.74, 6) is -0.0448. The van der Waals surface area contributed by atoms with Gasteiger partial charge in [-0.15, -0.1) is 0 Å². The van der Waals surface area contributed by atoms with Crippen molar-refractivity contribution in [1.29, 1.82) is 0 Å². The fraction of sp³-hybridized carbons (Fsp3) is 0.462. The molecule has 0 saturated heterocycles. The lowest BCUT2D eigenvalue weighted by Crippen LogP contribution is -2.64. The summed E-state index contributed by atoms with van der Waals surface area (Å²) in [5.41, 5.74) is 2.00. The number of hydrogen-bond donors (Lipinski definition) is 1. The van der Waals surface area contributed by atoms with E-state index in [1.165, 1.54) is 31.2 Å². The maximum atomic E-state index is 13.6. The van der Waals surface area contributed by atoms with E-state index >= 15 is 0 Å². The van der Waals surface area contributed by atoms with Crippen LogP contribution in [0, 0.1) is 0 Å². The van der Waals surface area contributed by atoms with Crippen molar-refractivity contribution < 1.29 is 9.59 Å². The number of nitrogens with zero attached hydrogens (tertiary/aromatic N) is 1. The Balaban J connectivity index is 1.59. The maximum Gasteiger partial charge on any atom is 0.255 e. The highest BCUT2D eigenvalue weighted by atomic mass is 16.2. The summed E-state index contributed by atoms with van der Waals surface area (Å²) in [6, 6.07) is 18.1. The molecule has 0 radical (unpaired) electrons. The molecule has 0 bridgehead atoms. The van der Waals surface area contributed by atoms with E-state index in [1.54, 1.807) is 0 Å². The highest BCUT2D eigenvalue weighted by Crippen LogP contribution is 2.32. The smallest absolute Gasteiger partial charge is 0.255 e. The van der Waals surface area contributed by atoms with Crippen LogP contribution in [-0.2, 0) is 17.6 Å². The van der Waals surface area contributed by atoms with Gasteiger partial charge in [-0.05, 0) is 43.4 Å². The minimum atomic E-state index is -0.869. The standard InChI is InChI=1S/C26H32N2O2/c1-26(25(30)27-22-14-7-2-3-8-15-22)19-21-13-9-10-16-23(21)24(29)28(26)18-17-20-11-5-4-6-12-20/h4-6,9-13,16,22H,2-3,7-8,14-15,17-19H2,1H3,(H,27,30)/t26-/m0/s1. The molecule has 2 aliphatic rings. The lowest BCUT2D eigenvalue weighted by molar-refractivity contribution is -0.132. The number of rotatable bonds is 5. The van der Waals surface area contributed by atoms with E-state index in [4.69, 9.17) is 0 Å². The van der Waals surface area contributed by atoms with Crippen LogP contribution in [0.25, 0.3) is 0 Å². The molecule has 1 heterocycles. The number of benzene rings is 2. The molecule has 1 fully saturated rings. The van der Waals surface area contributed by atoms with Gasteiger partial charge in [0.15, 0.2) is 0 Å². The highest BCUT2D eigenvalue weighted by molar-refractivity contribution is 6.02. The molecule has 2 aromatic rings. The average molecular weight is 405 g/mol. The third-order valence-electron chi connectivity index (χ3n) is 6.77. The summed E-state index contributed by atoms with van der Waals surface area (Å²) in [5, 5.41) is 3.32. The van der Waals surface area contributed by atoms with E-state index in [2.05, 4.69) is 17.4 Å². The van der Waals surface area contributed by atoms with Crippen molar-refractivity contribution in [3.63, 3.8) is 0 Å². The molecule has 1 atom stereocenters. The summed E-state index contributed by atoms with van der Waals surface area (Å²) in [7, 11) is 0. The molecular weight excluding hydrogens is 372 g/mol. The molecule has 0 spiro atoms. The van der Waals surface area contributed by atoms with Gasteiger partial charge in [-0.2, -0.15) is 0 Å². The molecule has 158 valence electrons. The molecule has 1 aliphatic carbocycles. The highest BCUT2D eigenvalue weighted by Gasteiger charge is 2.46. The van der Waals surface area contributed by atoms with Gasteiger partial charge in [0.2, 0.25) is 5.91 Å². The van der Waals surface area contributed by atoms with Gasteiger partial charge in [0.25, 0.3) is 5.91 Å². The first kappa shape index (κ1) is 20.6. The van der Waals surface area contributed by atoms with Gasteiger partial charge in [-0.25, -0.2) is 0 Å². The second-order valence-corrected chi connectivity index (χ2v) is 8.96. The summed E-state index contributed by atoms with van der Waals surface area (Å²) in [6.07, 6.45) is 8.20. The molecule has 4 heteroatoms. The average Bonchev–Trinajstić information content (AvgIpc) is 3.03. The second-order valence-electron chi connectivity index (χ2n) is 8.96. The zero-order chi connectivity index (χ0) is 21.0. The minimum absolute atomic E-state index is 0.00897. The van der Waals surface area contributed by atoms with Crippen LogP contribution in [0.15, 0.2) is 54.6 Å². The van der Waals surface area contributed by atoms with Gasteiger partial charge in [0.1, 0.15) is 5.54 Å². The topological polar surface area (TPSA) is 49.4 Å². The summed E-state index contributed by atoms with van der Waals surface area (Å²) < 4.78 is 0. The number of hydrogen-bond acceptors (Lipinski definition) is 2. The van der Waals surface area contributed by atoms with Crippen LogP contribution in [0.3, 0.4) is 0 Å². The molecule has 2 aromatic carbocycles. The molecule has 0 aromatic heterocycles. The van der Waals surface area contributed by atoms with E-state index in [1.807, 2.05) is 54.3 Å². The summed E-state index contributed by atoms with van der Waals surface area (Å²) in [6.45, 7) is 2.48. The molecule has 1 N–H and O–H groups in total. The van der Waals surface area contributed by atoms with Crippen LogP contribution in [0.5, 0.6) is 0 Å². The second kappa shape index (κ2) is 9.03. The molecule has 0 unspecified atom stereocenters. The van der Waals surface area contributed by atoms with Crippen molar-refractivity contribution in [2.24, 2.45) is 0 Å². The minimum Gasteiger partial charge on any atom is -0.351 e. The van der Waals surface area contributed by atoms with E-state index in [-0.39, 0.29) is 17.9 Å². The van der Waals surface area contributed by atoms with Crippen LogP contribution in [-0.4, -0.2) is 34.8 Å². The first-order valence-corrected chi connectivity index (χ1v) is 11.3. The lowest BCUT2D eigenvalue weighted by Gasteiger charge is -2.44. The van der Waals surface area contributed by atoms with Crippen LogP contribution >= 0.6 is 0 Å². The maximum absolute atomic E-state index is 13.6. The van der Waals surface area contributed by atoms with Crippen molar-refractivity contribution in [3.8, 4) is 0 Å². The molecule has 1 saturated carbocycles. The van der Waals surface area contributed by atoms with E-state index in [0.29, 0.717) is 13.0 Å². The summed E-state index contributed by atoms with van der Waals surface area (Å²) >= 11 is 0. The van der Waals surface area contributed by atoms with Gasteiger partial charge in [0.05, 0.1) is 0 Å². The van der Waals surface area contributed by atoms with Gasteiger partial charge < -0.3 is 10.2 Å². The third kappa shape index (κ3) is 4.28. The Morgan fingerprint density at radius 1 is 1.00 bits per heavy atom. The number of fused-ring (bicyclic) bond motifs is 1. The van der Waals surface area contributed by atoms with Crippen LogP contribution in [0.1, 0.15) is 66.9 Å². The molecule has 2 amide bonds. The Labute approximate surface area is 179 Å². The number of nitrogens with one attached hydrogen (secondary N) is 1. The Hall–Kier alpha value is -2.62. The molecule has 30 heavy (non-hydrogen) atoms. The number of carbonyl (C=O) groups is 2. The van der Waals surface area contributed by atoms with Gasteiger partial charge in [-0.3, -0.25) is 9.59 Å². The predicted molar refractivity (Wildman–Crippen MR) is 119 cm³/mol. The fourth-order valence-corrected chi connectivity index (χ4v) is 4.92. The van der Waals surface area contributed by atoms with Crippen molar-refractivity contribution in [1.82, 2.24) is 10.2 Å². The van der Waals surface area contributed by atoms with Gasteiger partial charge in [-0.1, -0.05) is 74.2 Å². The van der Waals surface area contributed by atoms with Crippen molar-refractivity contribution in [3.05, 3.63) is 71.3 Å². The third-order valence-corrected chi connectivity index (χ3v) is 6.77. The van der Waals surface area contributed by atoms with E-state index in [0.717, 1.165) is 30.4 Å². The number of carbonyl (C=O) groups excluding carboxylic acids is 2. The first-order valence-electron chi connectivity index (χ1n) is 11.3. The summed E-state index contributed by atoms with van der Waals surface area (Å²) in [4.78, 5) is 28.8. The van der Waals surface area contributed by atoms with Crippen LogP contribution in [0.4, 0.5) is 0 Å². The molecular formula is C26H32N2O2. The first-order chi connectivity index (χ1) is 14.6. The lowest BCUT2D eigenvalue weighted by atomic mass is 9.82. The normalized spacial score (nSPS) is 22.3. The zero-order valence-electron chi connectivity index (χ0n) is 17.9. The Morgan fingerprint density at radius 2 is 1.67 bits per heavy atom. The van der Waals surface area contributed by atoms with Crippen molar-refractivity contribution in [2.75, 3.05) is 6.54 Å². The van der Waals surface area contributed by atoms with Crippen molar-refractivity contribution >= 4 is 11.8 Å². The van der Waals surface area contributed by atoms with E-state index in [9.17, 15) is 9.59 Å². The predicted octanol–water partition coefficient (Wildman–Crippen LogP) is 4.53. The van der Waals surface area contributed by atoms with Crippen molar-refractivity contribution in [2.45, 2.75) is 69.9 Å². The monoisotopic (exact) mass is 404 g/mol. The van der Waals surface area contributed by atoms with Crippen LogP contribution < -0.4 is 5.32 Å². The largest absolute Gasteiger partial charge is 0.351 e. The van der Waals surface area contributed by atoms with Gasteiger partial charge in [0, 0.05) is 24.6 Å². The Bertz CT molecular complexity index is 887. The molecule has 4 nitrogen and oxygen atoms in total. The number of amides is 2. The SMILES string of the molecule is C[C@@]1(C(=O)NC2CCCCCC2)Cc2ccccc2C(=O)N1CCc1ccccc1. The van der Waals surface area contributed by atoms with E-state index < -0.39 is 5.54 Å². The molecule has 4 rings (SSSR count). The fourth-order valence-electron chi connectivity index (χ4n) is 4.92. The molecule has 1 aliphatic heterocycles. The van der Waals surface area contributed by atoms with Gasteiger partial charge >= 0.3 is 0 Å². The quantitative estimate of drug-likeness (QED) is 0.745. The van der Waals surface area contributed by atoms with Crippen LogP contribution in [0.2, 0.25) is 0 Å². The zero-order valence-corrected chi connectivity index (χ0v) is 17.9. The Morgan fingerprint density at radius 3 is 2.40 bits per heavy atom. The Kier molecular flexibility index (Phi) is 6.21.